The van der Waals surface area contributed by atoms with E-state index in [1.807, 2.05) is 28.6 Å². The molecular weight excluding hydrogens is 184 g/mol. The van der Waals surface area contributed by atoms with Gasteiger partial charge in [0.1, 0.15) is 0 Å². The van der Waals surface area contributed by atoms with Gasteiger partial charge in [-0.3, -0.25) is 0 Å². The van der Waals surface area contributed by atoms with Crippen molar-refractivity contribution < 1.29 is 4.79 Å². The second kappa shape index (κ2) is 5.37. The fourth-order valence-electron chi connectivity index (χ4n) is 1.43. The van der Waals surface area contributed by atoms with E-state index in [0.29, 0.717) is 0 Å². The number of carbonyl (C=O) groups is 1. The first-order valence-electron chi connectivity index (χ1n) is 4.83. The maximum atomic E-state index is 11.7. The molecule has 0 unspecified atom stereocenters. The Morgan fingerprint density at radius 3 is 2.62 bits per heavy atom. The predicted molar refractivity (Wildman–Crippen MR) is 57.2 cm³/mol. The molecule has 4 heteroatoms. The summed E-state index contributed by atoms with van der Waals surface area (Å²) in [5, 5.41) is 0. The molecule has 0 atom stereocenters. The number of urea groups is 1. The van der Waals surface area contributed by atoms with Crippen LogP contribution < -0.4 is 0 Å². The molecule has 0 aromatic rings. The lowest BCUT2D eigenvalue weighted by Gasteiger charge is -2.30. The monoisotopic (exact) mass is 202 g/mol. The number of amides is 2. The van der Waals surface area contributed by atoms with Crippen molar-refractivity contribution in [3.05, 3.63) is 0 Å². The molecule has 13 heavy (non-hydrogen) atoms. The van der Waals surface area contributed by atoms with E-state index in [4.69, 9.17) is 0 Å². The minimum atomic E-state index is 0.196. The van der Waals surface area contributed by atoms with Gasteiger partial charge in [-0.05, 0) is 6.42 Å². The summed E-state index contributed by atoms with van der Waals surface area (Å²) in [5.41, 5.74) is 0. The van der Waals surface area contributed by atoms with Crippen LogP contribution in [0.5, 0.6) is 0 Å². The Balaban J connectivity index is 2.36. The zero-order valence-corrected chi connectivity index (χ0v) is 9.27. The molecule has 1 rings (SSSR count). The standard InChI is InChI=1S/C9H18N2OS/c1-3-4-10(2)9(12)11-5-7-13-8-6-11/h3-8H2,1-2H3. The summed E-state index contributed by atoms with van der Waals surface area (Å²) in [4.78, 5) is 15.5. The van der Waals surface area contributed by atoms with Crippen LogP contribution in [0.1, 0.15) is 13.3 Å². The van der Waals surface area contributed by atoms with Crippen LogP contribution in [0.25, 0.3) is 0 Å². The molecule has 0 aromatic carbocycles. The van der Waals surface area contributed by atoms with E-state index in [9.17, 15) is 4.79 Å². The number of nitrogens with zero attached hydrogens (tertiary/aromatic N) is 2. The van der Waals surface area contributed by atoms with Crippen LogP contribution in [0.2, 0.25) is 0 Å². The molecule has 1 saturated heterocycles. The lowest BCUT2D eigenvalue weighted by molar-refractivity contribution is 0.167. The fourth-order valence-corrected chi connectivity index (χ4v) is 2.33. The Morgan fingerprint density at radius 2 is 2.08 bits per heavy atom. The highest BCUT2D eigenvalue weighted by molar-refractivity contribution is 7.99. The summed E-state index contributed by atoms with van der Waals surface area (Å²) in [6, 6.07) is 0.196. The van der Waals surface area contributed by atoms with Gasteiger partial charge in [-0.25, -0.2) is 4.79 Å². The van der Waals surface area contributed by atoms with Crippen LogP contribution in [0, 0.1) is 0 Å². The molecule has 1 aliphatic rings. The van der Waals surface area contributed by atoms with Gasteiger partial charge < -0.3 is 9.80 Å². The molecule has 3 nitrogen and oxygen atoms in total. The highest BCUT2D eigenvalue weighted by Crippen LogP contribution is 2.10. The lowest BCUT2D eigenvalue weighted by Crippen LogP contribution is -2.45. The van der Waals surface area contributed by atoms with Gasteiger partial charge in [0.2, 0.25) is 0 Å². The molecular formula is C9H18N2OS. The predicted octanol–water partition coefficient (Wildman–Crippen LogP) is 1.50. The van der Waals surface area contributed by atoms with Crippen molar-refractivity contribution >= 4 is 17.8 Å². The maximum Gasteiger partial charge on any atom is 0.319 e. The van der Waals surface area contributed by atoms with E-state index >= 15 is 0 Å². The molecule has 0 saturated carbocycles. The normalized spacial score (nSPS) is 17.2. The Labute approximate surface area is 84.5 Å². The third kappa shape index (κ3) is 3.10. The summed E-state index contributed by atoms with van der Waals surface area (Å²) in [5.74, 6) is 2.18. The third-order valence-electron chi connectivity index (χ3n) is 2.17. The molecule has 1 fully saturated rings. The van der Waals surface area contributed by atoms with Gasteiger partial charge in [0.15, 0.2) is 0 Å². The Morgan fingerprint density at radius 1 is 1.46 bits per heavy atom. The fraction of sp³-hybridized carbons (Fsp3) is 0.889. The van der Waals surface area contributed by atoms with Crippen LogP contribution in [0.3, 0.4) is 0 Å². The molecule has 1 heterocycles. The molecule has 1 aliphatic heterocycles. The van der Waals surface area contributed by atoms with E-state index < -0.39 is 0 Å². The summed E-state index contributed by atoms with van der Waals surface area (Å²) in [6.07, 6.45) is 1.03. The van der Waals surface area contributed by atoms with Crippen molar-refractivity contribution in [1.29, 1.82) is 0 Å². The van der Waals surface area contributed by atoms with E-state index in [1.54, 1.807) is 0 Å². The van der Waals surface area contributed by atoms with Crippen LogP contribution >= 0.6 is 11.8 Å². The Kier molecular flexibility index (Phi) is 4.42. The molecule has 76 valence electrons. The number of hydrogen-bond donors (Lipinski definition) is 0. The topological polar surface area (TPSA) is 23.6 Å². The number of thioether (sulfide) groups is 1. The van der Waals surface area contributed by atoms with Crippen molar-refractivity contribution in [3.63, 3.8) is 0 Å². The van der Waals surface area contributed by atoms with Gasteiger partial charge in [0, 0.05) is 38.2 Å². The van der Waals surface area contributed by atoms with Crippen molar-refractivity contribution in [2.45, 2.75) is 13.3 Å². The molecule has 0 spiro atoms. The zero-order valence-electron chi connectivity index (χ0n) is 8.45. The average Bonchev–Trinajstić information content (AvgIpc) is 2.18. The van der Waals surface area contributed by atoms with Gasteiger partial charge in [-0.1, -0.05) is 6.92 Å². The summed E-state index contributed by atoms with van der Waals surface area (Å²) in [7, 11) is 1.88. The number of hydrogen-bond acceptors (Lipinski definition) is 2. The summed E-state index contributed by atoms with van der Waals surface area (Å²) >= 11 is 1.93. The molecule has 0 radical (unpaired) electrons. The van der Waals surface area contributed by atoms with Crippen LogP contribution in [0.15, 0.2) is 0 Å². The number of rotatable bonds is 2. The lowest BCUT2D eigenvalue weighted by atomic mass is 10.4. The minimum absolute atomic E-state index is 0.196. The highest BCUT2D eigenvalue weighted by atomic mass is 32.2. The van der Waals surface area contributed by atoms with Crippen molar-refractivity contribution in [2.24, 2.45) is 0 Å². The smallest absolute Gasteiger partial charge is 0.319 e. The van der Waals surface area contributed by atoms with Crippen molar-refractivity contribution in [2.75, 3.05) is 38.2 Å². The summed E-state index contributed by atoms with van der Waals surface area (Å²) < 4.78 is 0. The molecule has 0 N–H and O–H groups in total. The van der Waals surface area contributed by atoms with Gasteiger partial charge >= 0.3 is 6.03 Å². The van der Waals surface area contributed by atoms with Crippen molar-refractivity contribution in [1.82, 2.24) is 9.80 Å². The first-order valence-corrected chi connectivity index (χ1v) is 5.99. The van der Waals surface area contributed by atoms with Crippen molar-refractivity contribution in [3.8, 4) is 0 Å². The molecule has 0 aromatic heterocycles. The second-order valence-corrected chi connectivity index (χ2v) is 4.53. The van der Waals surface area contributed by atoms with Gasteiger partial charge in [-0.15, -0.1) is 0 Å². The zero-order chi connectivity index (χ0) is 9.68. The Bertz CT molecular complexity index is 169. The van der Waals surface area contributed by atoms with Crippen LogP contribution in [-0.2, 0) is 0 Å². The first-order chi connectivity index (χ1) is 6.25. The second-order valence-electron chi connectivity index (χ2n) is 3.30. The molecule has 0 bridgehead atoms. The van der Waals surface area contributed by atoms with Crippen LogP contribution in [-0.4, -0.2) is 54.0 Å². The molecule has 0 aliphatic carbocycles. The first kappa shape index (κ1) is 10.7. The SMILES string of the molecule is CCCN(C)C(=O)N1CCSCC1. The van der Waals surface area contributed by atoms with Gasteiger partial charge in [0.05, 0.1) is 0 Å². The average molecular weight is 202 g/mol. The largest absolute Gasteiger partial charge is 0.328 e. The van der Waals surface area contributed by atoms with Crippen LogP contribution in [0.4, 0.5) is 4.79 Å². The Hall–Kier alpha value is -0.380. The third-order valence-corrected chi connectivity index (χ3v) is 3.11. The van der Waals surface area contributed by atoms with E-state index in [2.05, 4.69) is 6.92 Å². The molecule has 2 amide bonds. The van der Waals surface area contributed by atoms with E-state index in [0.717, 1.165) is 37.6 Å². The van der Waals surface area contributed by atoms with Gasteiger partial charge in [0.25, 0.3) is 0 Å². The van der Waals surface area contributed by atoms with Gasteiger partial charge in [-0.2, -0.15) is 11.8 Å². The van der Waals surface area contributed by atoms with E-state index in [-0.39, 0.29) is 6.03 Å². The summed E-state index contributed by atoms with van der Waals surface area (Å²) in [6.45, 7) is 4.79. The maximum absolute atomic E-state index is 11.7. The highest BCUT2D eigenvalue weighted by Gasteiger charge is 2.19. The quantitative estimate of drug-likeness (QED) is 0.677. The number of carbonyl (C=O) groups excluding carboxylic acids is 1. The van der Waals surface area contributed by atoms with E-state index in [1.165, 1.54) is 0 Å². The minimum Gasteiger partial charge on any atom is -0.328 e.